The van der Waals surface area contributed by atoms with Crippen molar-refractivity contribution >= 4 is 5.71 Å². The molecule has 0 aromatic heterocycles. The van der Waals surface area contributed by atoms with E-state index in [0.717, 1.165) is 11.3 Å². The molecule has 0 spiro atoms. The highest BCUT2D eigenvalue weighted by Gasteiger charge is 1.99. The molecule has 0 amide bonds. The van der Waals surface area contributed by atoms with Gasteiger partial charge in [0.05, 0.1) is 5.71 Å². The molecule has 0 saturated carbocycles. The Balaban J connectivity index is 3.02. The number of benzene rings is 1. The third kappa shape index (κ3) is 1.84. The van der Waals surface area contributed by atoms with Gasteiger partial charge in [-0.2, -0.15) is 0 Å². The van der Waals surface area contributed by atoms with Gasteiger partial charge in [-0.05, 0) is 19.4 Å². The Hall–Kier alpha value is -1.31. The predicted octanol–water partition coefficient (Wildman–Crippen LogP) is 2.37. The van der Waals surface area contributed by atoms with E-state index in [2.05, 4.69) is 18.1 Å². The SMILES string of the molecule is CO/N=C(/C)c1ccccc1C. The number of hydrogen-bond donors (Lipinski definition) is 0. The molecule has 1 aromatic carbocycles. The Morgan fingerprint density at radius 2 is 2.00 bits per heavy atom. The van der Waals surface area contributed by atoms with Crippen LogP contribution in [0.1, 0.15) is 18.1 Å². The molecule has 64 valence electrons. The summed E-state index contributed by atoms with van der Waals surface area (Å²) in [4.78, 5) is 4.70. The number of aryl methyl sites for hydroxylation is 1. The van der Waals surface area contributed by atoms with Crippen molar-refractivity contribution in [3.63, 3.8) is 0 Å². The van der Waals surface area contributed by atoms with Gasteiger partial charge in [0.15, 0.2) is 0 Å². The number of oxime groups is 1. The van der Waals surface area contributed by atoms with Gasteiger partial charge in [0, 0.05) is 5.56 Å². The fourth-order valence-corrected chi connectivity index (χ4v) is 1.16. The standard InChI is InChI=1S/C10H13NO/c1-8-6-4-5-7-10(8)9(2)11-12-3/h4-7H,1-3H3/b11-9-. The summed E-state index contributed by atoms with van der Waals surface area (Å²) < 4.78 is 0. The first-order valence-electron chi connectivity index (χ1n) is 3.89. The zero-order valence-corrected chi connectivity index (χ0v) is 7.66. The van der Waals surface area contributed by atoms with Gasteiger partial charge in [-0.15, -0.1) is 0 Å². The summed E-state index contributed by atoms with van der Waals surface area (Å²) in [6, 6.07) is 8.10. The van der Waals surface area contributed by atoms with Gasteiger partial charge in [0.2, 0.25) is 0 Å². The lowest BCUT2D eigenvalue weighted by Crippen LogP contribution is -1.97. The van der Waals surface area contributed by atoms with E-state index in [9.17, 15) is 0 Å². The molecule has 0 fully saturated rings. The molecule has 12 heavy (non-hydrogen) atoms. The molecule has 1 rings (SSSR count). The fourth-order valence-electron chi connectivity index (χ4n) is 1.16. The van der Waals surface area contributed by atoms with Crippen molar-refractivity contribution in [1.82, 2.24) is 0 Å². The summed E-state index contributed by atoms with van der Waals surface area (Å²) in [7, 11) is 1.56. The third-order valence-corrected chi connectivity index (χ3v) is 1.76. The normalized spacial score (nSPS) is 11.4. The van der Waals surface area contributed by atoms with Crippen LogP contribution >= 0.6 is 0 Å². The molecule has 1 aromatic rings. The summed E-state index contributed by atoms with van der Waals surface area (Å²) in [5.74, 6) is 0. The van der Waals surface area contributed by atoms with Gasteiger partial charge >= 0.3 is 0 Å². The van der Waals surface area contributed by atoms with Crippen LogP contribution in [0.5, 0.6) is 0 Å². The van der Waals surface area contributed by atoms with Crippen LogP contribution in [-0.2, 0) is 4.84 Å². The minimum Gasteiger partial charge on any atom is -0.399 e. The maximum absolute atomic E-state index is 4.70. The van der Waals surface area contributed by atoms with Gasteiger partial charge in [0.1, 0.15) is 7.11 Å². The second-order valence-corrected chi connectivity index (χ2v) is 2.67. The summed E-state index contributed by atoms with van der Waals surface area (Å²) in [6.45, 7) is 4.00. The monoisotopic (exact) mass is 163 g/mol. The summed E-state index contributed by atoms with van der Waals surface area (Å²) >= 11 is 0. The van der Waals surface area contributed by atoms with E-state index in [-0.39, 0.29) is 0 Å². The topological polar surface area (TPSA) is 21.6 Å². The third-order valence-electron chi connectivity index (χ3n) is 1.76. The predicted molar refractivity (Wildman–Crippen MR) is 50.4 cm³/mol. The van der Waals surface area contributed by atoms with Gasteiger partial charge in [-0.3, -0.25) is 0 Å². The minimum atomic E-state index is 0.913. The highest BCUT2D eigenvalue weighted by Crippen LogP contribution is 2.08. The average molecular weight is 163 g/mol. The number of rotatable bonds is 2. The zero-order chi connectivity index (χ0) is 8.97. The maximum Gasteiger partial charge on any atom is 0.106 e. The molecule has 0 bridgehead atoms. The molecular weight excluding hydrogens is 150 g/mol. The second kappa shape index (κ2) is 3.90. The fraction of sp³-hybridized carbons (Fsp3) is 0.300. The van der Waals surface area contributed by atoms with Crippen LogP contribution in [0.15, 0.2) is 29.4 Å². The van der Waals surface area contributed by atoms with Crippen LogP contribution < -0.4 is 0 Å². The highest BCUT2D eigenvalue weighted by atomic mass is 16.6. The van der Waals surface area contributed by atoms with Crippen molar-refractivity contribution in [1.29, 1.82) is 0 Å². The molecule has 0 aliphatic carbocycles. The van der Waals surface area contributed by atoms with E-state index in [1.807, 2.05) is 25.1 Å². The van der Waals surface area contributed by atoms with E-state index in [0.29, 0.717) is 0 Å². The lowest BCUT2D eigenvalue weighted by molar-refractivity contribution is 0.213. The van der Waals surface area contributed by atoms with Crippen LogP contribution in [0.2, 0.25) is 0 Å². The van der Waals surface area contributed by atoms with Crippen molar-refractivity contribution in [3.8, 4) is 0 Å². The molecule has 2 nitrogen and oxygen atoms in total. The summed E-state index contributed by atoms with van der Waals surface area (Å²) in [5, 5.41) is 3.87. The molecular formula is C10H13NO. The van der Waals surface area contributed by atoms with Crippen molar-refractivity contribution in [2.45, 2.75) is 13.8 Å². The largest absolute Gasteiger partial charge is 0.399 e. The van der Waals surface area contributed by atoms with Crippen molar-refractivity contribution < 1.29 is 4.84 Å². The quantitative estimate of drug-likeness (QED) is 0.484. The number of hydrogen-bond acceptors (Lipinski definition) is 2. The first kappa shape index (κ1) is 8.78. The first-order chi connectivity index (χ1) is 5.75. The molecule has 0 unspecified atom stereocenters. The smallest absolute Gasteiger partial charge is 0.106 e. The average Bonchev–Trinajstić information content (AvgIpc) is 2.05. The molecule has 0 atom stereocenters. The molecule has 0 aliphatic heterocycles. The molecule has 0 N–H and O–H groups in total. The molecule has 0 heterocycles. The Morgan fingerprint density at radius 3 is 2.58 bits per heavy atom. The minimum absolute atomic E-state index is 0.913. The van der Waals surface area contributed by atoms with Crippen molar-refractivity contribution in [3.05, 3.63) is 35.4 Å². The van der Waals surface area contributed by atoms with Crippen molar-refractivity contribution in [2.24, 2.45) is 5.16 Å². The molecule has 2 heteroatoms. The molecule has 0 saturated heterocycles. The lowest BCUT2D eigenvalue weighted by atomic mass is 10.1. The summed E-state index contributed by atoms with van der Waals surface area (Å²) in [5.41, 5.74) is 3.27. The maximum atomic E-state index is 4.70. The Labute approximate surface area is 72.9 Å². The molecule has 0 aliphatic rings. The van der Waals surface area contributed by atoms with E-state index < -0.39 is 0 Å². The van der Waals surface area contributed by atoms with Gasteiger partial charge in [-0.25, -0.2) is 0 Å². The van der Waals surface area contributed by atoms with Gasteiger partial charge < -0.3 is 4.84 Å². The van der Waals surface area contributed by atoms with Crippen LogP contribution in [-0.4, -0.2) is 12.8 Å². The van der Waals surface area contributed by atoms with Crippen LogP contribution in [0.25, 0.3) is 0 Å². The Morgan fingerprint density at radius 1 is 1.33 bits per heavy atom. The lowest BCUT2D eigenvalue weighted by Gasteiger charge is -2.02. The zero-order valence-electron chi connectivity index (χ0n) is 7.66. The van der Waals surface area contributed by atoms with Crippen molar-refractivity contribution in [2.75, 3.05) is 7.11 Å². The van der Waals surface area contributed by atoms with Crippen LogP contribution in [0.3, 0.4) is 0 Å². The van der Waals surface area contributed by atoms with E-state index in [1.165, 1.54) is 5.56 Å². The van der Waals surface area contributed by atoms with Crippen LogP contribution in [0, 0.1) is 6.92 Å². The summed E-state index contributed by atoms with van der Waals surface area (Å²) in [6.07, 6.45) is 0. The van der Waals surface area contributed by atoms with Gasteiger partial charge in [-0.1, -0.05) is 29.4 Å². The highest BCUT2D eigenvalue weighted by molar-refractivity contribution is 5.99. The van der Waals surface area contributed by atoms with E-state index in [1.54, 1.807) is 7.11 Å². The van der Waals surface area contributed by atoms with E-state index in [4.69, 9.17) is 4.84 Å². The first-order valence-corrected chi connectivity index (χ1v) is 3.89. The van der Waals surface area contributed by atoms with Gasteiger partial charge in [0.25, 0.3) is 0 Å². The van der Waals surface area contributed by atoms with Crippen LogP contribution in [0.4, 0.5) is 0 Å². The second-order valence-electron chi connectivity index (χ2n) is 2.67. The number of nitrogens with zero attached hydrogens (tertiary/aromatic N) is 1. The molecule has 0 radical (unpaired) electrons. The Bertz CT molecular complexity index is 292. The Kier molecular flexibility index (Phi) is 2.86. The van der Waals surface area contributed by atoms with E-state index >= 15 is 0 Å².